The molecule has 0 unspecified atom stereocenters. The van der Waals surface area contributed by atoms with Crippen LogP contribution in [0.3, 0.4) is 0 Å². The molecule has 1 aromatic heterocycles. The van der Waals surface area contributed by atoms with Crippen LogP contribution in [0.1, 0.15) is 19.5 Å². The third-order valence-corrected chi connectivity index (χ3v) is 3.89. The third-order valence-electron chi connectivity index (χ3n) is 1.72. The lowest BCUT2D eigenvalue weighted by Crippen LogP contribution is -2.26. The molecule has 88 valence electrons. The number of carboxylic acid groups (broad SMARTS) is 2. The van der Waals surface area contributed by atoms with E-state index in [9.17, 15) is 9.59 Å². The molecule has 0 radical (unpaired) electrons. The van der Waals surface area contributed by atoms with Gasteiger partial charge in [-0.15, -0.1) is 11.3 Å². The van der Waals surface area contributed by atoms with Crippen LogP contribution in [-0.2, 0) is 16.0 Å². The summed E-state index contributed by atoms with van der Waals surface area (Å²) in [6.45, 7) is 3.16. The average Bonchev–Trinajstić information content (AvgIpc) is 2.50. The monoisotopic (exact) mass is 261 g/mol. The van der Waals surface area contributed by atoms with Crippen LogP contribution in [0.15, 0.2) is 9.72 Å². The van der Waals surface area contributed by atoms with Gasteiger partial charge in [0.2, 0.25) is 0 Å². The Kier molecular flexibility index (Phi) is 3.93. The van der Waals surface area contributed by atoms with E-state index >= 15 is 0 Å². The Morgan fingerprint density at radius 2 is 2.12 bits per heavy atom. The zero-order chi connectivity index (χ0) is 12.3. The van der Waals surface area contributed by atoms with Gasteiger partial charge < -0.3 is 10.2 Å². The number of hydrogen-bond donors (Lipinski definition) is 2. The standard InChI is InChI=1S/C9H11NO4S2/c1-9(2,7(13)14)16-8-10-5(4-15-8)3-6(11)12/h4H,3H2,1-2H3,(H,11,12)(H,13,14). The van der Waals surface area contributed by atoms with Gasteiger partial charge in [-0.2, -0.15) is 0 Å². The molecule has 0 saturated heterocycles. The molecule has 0 spiro atoms. The molecule has 0 aliphatic heterocycles. The third kappa shape index (κ3) is 3.49. The average molecular weight is 261 g/mol. The maximum atomic E-state index is 10.9. The Labute approximate surface area is 101 Å². The number of rotatable bonds is 5. The highest BCUT2D eigenvalue weighted by atomic mass is 32.2. The fraction of sp³-hybridized carbons (Fsp3) is 0.444. The molecule has 1 rings (SSSR count). The predicted octanol–water partition coefficient (Wildman–Crippen LogP) is 1.73. The van der Waals surface area contributed by atoms with Crippen LogP contribution in [0, 0.1) is 0 Å². The minimum atomic E-state index is -0.960. The fourth-order valence-electron chi connectivity index (χ4n) is 0.833. The van der Waals surface area contributed by atoms with Crippen LogP contribution in [0.5, 0.6) is 0 Å². The van der Waals surface area contributed by atoms with Crippen molar-refractivity contribution in [1.29, 1.82) is 0 Å². The van der Waals surface area contributed by atoms with Crippen molar-refractivity contribution in [3.8, 4) is 0 Å². The maximum Gasteiger partial charge on any atom is 0.319 e. The second-order valence-electron chi connectivity index (χ2n) is 3.59. The van der Waals surface area contributed by atoms with Gasteiger partial charge in [-0.3, -0.25) is 9.59 Å². The zero-order valence-electron chi connectivity index (χ0n) is 8.76. The SMILES string of the molecule is CC(C)(Sc1nc(CC(=O)O)cs1)C(=O)O. The number of carboxylic acids is 2. The van der Waals surface area contributed by atoms with Crippen molar-refractivity contribution in [2.75, 3.05) is 0 Å². The van der Waals surface area contributed by atoms with Gasteiger partial charge in [-0.1, -0.05) is 11.8 Å². The summed E-state index contributed by atoms with van der Waals surface area (Å²) in [4.78, 5) is 25.4. The first kappa shape index (κ1) is 13.0. The number of nitrogens with zero attached hydrogens (tertiary/aromatic N) is 1. The van der Waals surface area contributed by atoms with E-state index in [4.69, 9.17) is 10.2 Å². The number of hydrogen-bond acceptors (Lipinski definition) is 5. The van der Waals surface area contributed by atoms with Gasteiger partial charge >= 0.3 is 11.9 Å². The smallest absolute Gasteiger partial charge is 0.319 e. The van der Waals surface area contributed by atoms with Gasteiger partial charge in [0.15, 0.2) is 4.34 Å². The topological polar surface area (TPSA) is 87.5 Å². The van der Waals surface area contributed by atoms with Crippen molar-refractivity contribution in [2.45, 2.75) is 29.4 Å². The van der Waals surface area contributed by atoms with Gasteiger partial charge in [0, 0.05) is 5.38 Å². The first-order chi connectivity index (χ1) is 7.31. The first-order valence-corrected chi connectivity index (χ1v) is 6.09. The highest BCUT2D eigenvalue weighted by Gasteiger charge is 2.29. The normalized spacial score (nSPS) is 11.4. The lowest BCUT2D eigenvalue weighted by Gasteiger charge is -2.15. The first-order valence-electron chi connectivity index (χ1n) is 4.40. The summed E-state index contributed by atoms with van der Waals surface area (Å²) in [6.07, 6.45) is -0.134. The largest absolute Gasteiger partial charge is 0.481 e. The van der Waals surface area contributed by atoms with Crippen molar-refractivity contribution in [3.05, 3.63) is 11.1 Å². The van der Waals surface area contributed by atoms with Crippen LogP contribution >= 0.6 is 23.1 Å². The molecule has 7 heteroatoms. The molecule has 0 amide bonds. The summed E-state index contributed by atoms with van der Waals surface area (Å²) in [5.74, 6) is -1.87. The van der Waals surface area contributed by atoms with E-state index in [1.54, 1.807) is 19.2 Å². The zero-order valence-corrected chi connectivity index (χ0v) is 10.4. The van der Waals surface area contributed by atoms with Crippen molar-refractivity contribution < 1.29 is 19.8 Å². The molecule has 5 nitrogen and oxygen atoms in total. The molecule has 0 aromatic carbocycles. The van der Waals surface area contributed by atoms with E-state index in [-0.39, 0.29) is 6.42 Å². The Bertz CT molecular complexity index is 413. The maximum absolute atomic E-state index is 10.9. The van der Waals surface area contributed by atoms with E-state index in [0.29, 0.717) is 10.0 Å². The highest BCUT2D eigenvalue weighted by Crippen LogP contribution is 2.34. The van der Waals surface area contributed by atoms with Gasteiger partial charge in [0.1, 0.15) is 4.75 Å². The van der Waals surface area contributed by atoms with E-state index in [1.807, 2.05) is 0 Å². The van der Waals surface area contributed by atoms with Crippen LogP contribution < -0.4 is 0 Å². The number of thiazole rings is 1. The van der Waals surface area contributed by atoms with Crippen LogP contribution in [0.2, 0.25) is 0 Å². The summed E-state index contributed by atoms with van der Waals surface area (Å²) >= 11 is 2.38. The van der Waals surface area contributed by atoms with E-state index < -0.39 is 16.7 Å². The summed E-state index contributed by atoms with van der Waals surface area (Å²) in [6, 6.07) is 0. The summed E-state index contributed by atoms with van der Waals surface area (Å²) in [7, 11) is 0. The highest BCUT2D eigenvalue weighted by molar-refractivity contribution is 8.02. The Hall–Kier alpha value is -1.08. The van der Waals surface area contributed by atoms with Crippen molar-refractivity contribution in [1.82, 2.24) is 4.98 Å². The lowest BCUT2D eigenvalue weighted by atomic mass is 10.2. The molecule has 0 aliphatic rings. The quantitative estimate of drug-likeness (QED) is 0.785. The minimum absolute atomic E-state index is 0.134. The number of thioether (sulfide) groups is 1. The molecule has 16 heavy (non-hydrogen) atoms. The van der Waals surface area contributed by atoms with Crippen molar-refractivity contribution in [2.24, 2.45) is 0 Å². The van der Waals surface area contributed by atoms with Crippen molar-refractivity contribution in [3.63, 3.8) is 0 Å². The molecule has 2 N–H and O–H groups in total. The van der Waals surface area contributed by atoms with Gasteiger partial charge in [0.05, 0.1) is 12.1 Å². The van der Waals surface area contributed by atoms with Crippen molar-refractivity contribution >= 4 is 35.0 Å². The molecular weight excluding hydrogens is 250 g/mol. The predicted molar refractivity (Wildman–Crippen MR) is 61.0 cm³/mol. The summed E-state index contributed by atoms with van der Waals surface area (Å²) in [5.41, 5.74) is 0.459. The second-order valence-corrected chi connectivity index (χ2v) is 6.32. The van der Waals surface area contributed by atoms with Gasteiger partial charge in [-0.25, -0.2) is 4.98 Å². The fourth-order valence-corrected chi connectivity index (χ4v) is 3.02. The van der Waals surface area contributed by atoms with E-state index in [2.05, 4.69) is 4.98 Å². The molecule has 1 heterocycles. The molecule has 0 atom stereocenters. The molecule has 0 saturated carbocycles. The van der Waals surface area contributed by atoms with Crippen LogP contribution in [0.4, 0.5) is 0 Å². The molecule has 0 bridgehead atoms. The van der Waals surface area contributed by atoms with Crippen LogP contribution in [-0.4, -0.2) is 31.9 Å². The van der Waals surface area contributed by atoms with Gasteiger partial charge in [0.25, 0.3) is 0 Å². The Morgan fingerprint density at radius 1 is 1.50 bits per heavy atom. The Balaban J connectivity index is 2.72. The summed E-state index contributed by atoms with van der Waals surface area (Å²) in [5, 5.41) is 19.1. The van der Waals surface area contributed by atoms with E-state index in [1.165, 1.54) is 11.3 Å². The number of carbonyl (C=O) groups is 2. The second kappa shape index (κ2) is 4.84. The molecule has 0 fully saturated rings. The molecular formula is C9H11NO4S2. The number of aliphatic carboxylic acids is 2. The van der Waals surface area contributed by atoms with Crippen LogP contribution in [0.25, 0.3) is 0 Å². The Morgan fingerprint density at radius 3 is 2.62 bits per heavy atom. The number of aromatic nitrogens is 1. The molecule has 0 aliphatic carbocycles. The van der Waals surface area contributed by atoms with E-state index in [0.717, 1.165) is 11.8 Å². The lowest BCUT2D eigenvalue weighted by molar-refractivity contribution is -0.139. The minimum Gasteiger partial charge on any atom is -0.481 e. The van der Waals surface area contributed by atoms with Gasteiger partial charge in [-0.05, 0) is 13.8 Å². The summed E-state index contributed by atoms with van der Waals surface area (Å²) < 4.78 is -0.387. The molecule has 1 aromatic rings.